The van der Waals surface area contributed by atoms with E-state index in [0.29, 0.717) is 51.8 Å². The summed E-state index contributed by atoms with van der Waals surface area (Å²) in [5.41, 5.74) is 1.45. The summed E-state index contributed by atoms with van der Waals surface area (Å²) in [5.74, 6) is 0. The molecule has 1 unspecified atom stereocenters. The van der Waals surface area contributed by atoms with Crippen molar-refractivity contribution in [2.75, 3.05) is 19.8 Å². The highest BCUT2D eigenvalue weighted by Gasteiger charge is 2.33. The molecular weight excluding hydrogens is 463 g/mol. The lowest BCUT2D eigenvalue weighted by Gasteiger charge is -2.37. The number of carbonyl (C=O) groups is 1. The topological polar surface area (TPSA) is 69.5 Å². The van der Waals surface area contributed by atoms with Crippen molar-refractivity contribution >= 4 is 51.9 Å². The van der Waals surface area contributed by atoms with Crippen LogP contribution in [0.4, 0.5) is 4.79 Å². The number of aromatic nitrogens is 3. The molecule has 1 fully saturated rings. The Morgan fingerprint density at radius 2 is 1.97 bits per heavy atom. The molecular formula is C21H21Cl3N4O3. The van der Waals surface area contributed by atoms with Gasteiger partial charge in [-0.1, -0.05) is 40.9 Å². The second-order valence-corrected chi connectivity index (χ2v) is 9.33. The molecule has 31 heavy (non-hydrogen) atoms. The lowest BCUT2D eigenvalue weighted by Crippen LogP contribution is -2.45. The third-order valence-electron chi connectivity index (χ3n) is 4.86. The number of ether oxygens (including phenoxy) is 2. The summed E-state index contributed by atoms with van der Waals surface area (Å²) < 4.78 is 12.9. The fourth-order valence-corrected chi connectivity index (χ4v) is 4.29. The van der Waals surface area contributed by atoms with Gasteiger partial charge in [-0.05, 0) is 44.5 Å². The minimum atomic E-state index is -0.594. The fourth-order valence-electron chi connectivity index (χ4n) is 3.52. The Morgan fingerprint density at radius 1 is 1.19 bits per heavy atom. The number of halogens is 3. The van der Waals surface area contributed by atoms with Crippen LogP contribution in [0.15, 0.2) is 30.6 Å². The van der Waals surface area contributed by atoms with Gasteiger partial charge in [0.05, 0.1) is 24.6 Å². The molecule has 3 aromatic rings. The van der Waals surface area contributed by atoms with E-state index in [0.717, 1.165) is 5.56 Å². The molecule has 10 heteroatoms. The van der Waals surface area contributed by atoms with Crippen LogP contribution in [0.1, 0.15) is 32.4 Å². The molecule has 0 bridgehead atoms. The summed E-state index contributed by atoms with van der Waals surface area (Å²) in [6, 6.07) is 6.85. The maximum absolute atomic E-state index is 12.7. The van der Waals surface area contributed by atoms with Gasteiger partial charge in [-0.2, -0.15) is 0 Å². The SMILES string of the molecule is CC(C)(C)OC(=O)N1CCOCC1c1ccc(-n2c(Cl)cc3c(Cl)ncnc32)cc1Cl. The lowest BCUT2D eigenvalue weighted by molar-refractivity contribution is -0.0330. The molecule has 0 aliphatic carbocycles. The van der Waals surface area contributed by atoms with Crippen molar-refractivity contribution in [2.45, 2.75) is 32.4 Å². The zero-order valence-corrected chi connectivity index (χ0v) is 19.5. The van der Waals surface area contributed by atoms with Crippen molar-refractivity contribution in [3.8, 4) is 5.69 Å². The Hall–Kier alpha value is -2.06. The Balaban J connectivity index is 1.70. The smallest absolute Gasteiger partial charge is 0.410 e. The Bertz CT molecular complexity index is 1140. The van der Waals surface area contributed by atoms with Crippen LogP contribution < -0.4 is 0 Å². The van der Waals surface area contributed by atoms with E-state index in [-0.39, 0.29) is 6.04 Å². The van der Waals surface area contributed by atoms with Crippen molar-refractivity contribution in [1.29, 1.82) is 0 Å². The molecule has 1 amide bonds. The number of hydrogen-bond acceptors (Lipinski definition) is 5. The van der Waals surface area contributed by atoms with Crippen LogP contribution in [0.5, 0.6) is 0 Å². The monoisotopic (exact) mass is 482 g/mol. The van der Waals surface area contributed by atoms with Crippen molar-refractivity contribution in [3.05, 3.63) is 51.5 Å². The van der Waals surface area contributed by atoms with Crippen molar-refractivity contribution in [1.82, 2.24) is 19.4 Å². The van der Waals surface area contributed by atoms with Gasteiger partial charge in [-0.15, -0.1) is 0 Å². The molecule has 0 radical (unpaired) electrons. The van der Waals surface area contributed by atoms with E-state index in [1.807, 2.05) is 32.9 Å². The van der Waals surface area contributed by atoms with Crippen LogP contribution in [-0.4, -0.2) is 50.9 Å². The maximum Gasteiger partial charge on any atom is 0.410 e. The summed E-state index contributed by atoms with van der Waals surface area (Å²) in [6.07, 6.45) is 0.984. The van der Waals surface area contributed by atoms with Gasteiger partial charge >= 0.3 is 6.09 Å². The van der Waals surface area contributed by atoms with Gasteiger partial charge in [0.1, 0.15) is 22.2 Å². The number of rotatable bonds is 2. The average molecular weight is 484 g/mol. The van der Waals surface area contributed by atoms with Crippen molar-refractivity contribution in [2.24, 2.45) is 0 Å². The average Bonchev–Trinajstić information content (AvgIpc) is 3.04. The minimum absolute atomic E-state index is 0.320. The molecule has 1 aliphatic heterocycles. The molecule has 0 saturated carbocycles. The Labute approximate surface area is 194 Å². The third kappa shape index (κ3) is 4.46. The van der Waals surface area contributed by atoms with Gasteiger partial charge < -0.3 is 9.47 Å². The number of fused-ring (bicyclic) bond motifs is 1. The first-order chi connectivity index (χ1) is 14.7. The molecule has 2 aromatic heterocycles. The van der Waals surface area contributed by atoms with E-state index in [4.69, 9.17) is 44.3 Å². The van der Waals surface area contributed by atoms with Crippen LogP contribution in [-0.2, 0) is 9.47 Å². The second-order valence-electron chi connectivity index (χ2n) is 8.17. The summed E-state index contributed by atoms with van der Waals surface area (Å²) in [7, 11) is 0. The highest BCUT2D eigenvalue weighted by molar-refractivity contribution is 6.36. The lowest BCUT2D eigenvalue weighted by atomic mass is 10.0. The van der Waals surface area contributed by atoms with Crippen molar-refractivity contribution < 1.29 is 14.3 Å². The molecule has 7 nitrogen and oxygen atoms in total. The van der Waals surface area contributed by atoms with Gasteiger partial charge in [-0.3, -0.25) is 9.47 Å². The number of nitrogens with zero attached hydrogens (tertiary/aromatic N) is 4. The summed E-state index contributed by atoms with van der Waals surface area (Å²) >= 11 is 19.3. The van der Waals surface area contributed by atoms with Gasteiger partial charge in [0.15, 0.2) is 5.65 Å². The molecule has 1 aromatic carbocycles. The third-order valence-corrected chi connectivity index (χ3v) is 5.77. The Morgan fingerprint density at radius 3 is 2.68 bits per heavy atom. The molecule has 164 valence electrons. The van der Waals surface area contributed by atoms with Crippen LogP contribution in [0.25, 0.3) is 16.7 Å². The predicted molar refractivity (Wildman–Crippen MR) is 120 cm³/mol. The summed E-state index contributed by atoms with van der Waals surface area (Å²) in [4.78, 5) is 22.7. The normalized spacial score (nSPS) is 17.2. The van der Waals surface area contributed by atoms with E-state index in [2.05, 4.69) is 9.97 Å². The highest BCUT2D eigenvalue weighted by atomic mass is 35.5. The standard InChI is InChI=1S/C21H21Cl3N4O3/c1-21(2,3)31-20(29)27-6-7-30-10-16(27)13-5-4-12(8-15(13)22)28-17(23)9-14-18(24)25-11-26-19(14)28/h4-5,8-9,11,16H,6-7,10H2,1-3H3. The van der Waals surface area contributed by atoms with Crippen LogP contribution in [0, 0.1) is 0 Å². The van der Waals surface area contributed by atoms with E-state index in [1.54, 1.807) is 21.6 Å². The minimum Gasteiger partial charge on any atom is -0.444 e. The van der Waals surface area contributed by atoms with Gasteiger partial charge in [-0.25, -0.2) is 14.8 Å². The fraction of sp³-hybridized carbons (Fsp3) is 0.381. The van der Waals surface area contributed by atoms with E-state index < -0.39 is 11.7 Å². The van der Waals surface area contributed by atoms with Gasteiger partial charge in [0, 0.05) is 17.3 Å². The molecule has 0 N–H and O–H groups in total. The number of benzene rings is 1. The second kappa shape index (κ2) is 8.47. The Kier molecular flexibility index (Phi) is 6.05. The molecule has 1 atom stereocenters. The van der Waals surface area contributed by atoms with Crippen LogP contribution in [0.2, 0.25) is 15.3 Å². The van der Waals surface area contributed by atoms with Gasteiger partial charge in [0.25, 0.3) is 0 Å². The van der Waals surface area contributed by atoms with Crippen LogP contribution in [0.3, 0.4) is 0 Å². The van der Waals surface area contributed by atoms with Crippen LogP contribution >= 0.6 is 34.8 Å². The number of amides is 1. The molecule has 3 heterocycles. The zero-order valence-electron chi connectivity index (χ0n) is 17.2. The molecule has 1 saturated heterocycles. The maximum atomic E-state index is 12.7. The molecule has 0 spiro atoms. The first-order valence-electron chi connectivity index (χ1n) is 9.70. The summed E-state index contributed by atoms with van der Waals surface area (Å²) in [5, 5.41) is 1.86. The molecule has 4 rings (SSSR count). The van der Waals surface area contributed by atoms with E-state index >= 15 is 0 Å². The quantitative estimate of drug-likeness (QED) is 0.438. The predicted octanol–water partition coefficient (Wildman–Crippen LogP) is 5.69. The molecule has 1 aliphatic rings. The largest absolute Gasteiger partial charge is 0.444 e. The van der Waals surface area contributed by atoms with Gasteiger partial charge in [0.2, 0.25) is 0 Å². The van der Waals surface area contributed by atoms with E-state index in [9.17, 15) is 4.79 Å². The van der Waals surface area contributed by atoms with Crippen molar-refractivity contribution in [3.63, 3.8) is 0 Å². The highest BCUT2D eigenvalue weighted by Crippen LogP contribution is 2.35. The number of carbonyl (C=O) groups excluding carboxylic acids is 1. The zero-order chi connectivity index (χ0) is 22.3. The first-order valence-corrected chi connectivity index (χ1v) is 10.8. The summed E-state index contributed by atoms with van der Waals surface area (Å²) in [6.45, 7) is 6.70. The number of hydrogen-bond donors (Lipinski definition) is 0. The number of morpholine rings is 1. The first kappa shape index (κ1) is 22.1. The van der Waals surface area contributed by atoms with E-state index in [1.165, 1.54) is 6.33 Å².